The molecule has 3 rings (SSSR count). The van der Waals surface area contributed by atoms with Gasteiger partial charge in [0.05, 0.1) is 10.7 Å². The number of thiazole rings is 1. The molecular formula is C16H21N3O4S2. The molecule has 1 saturated heterocycles. The molecule has 0 aromatic carbocycles. The van der Waals surface area contributed by atoms with Crippen molar-refractivity contribution in [3.8, 4) is 0 Å². The SMILES string of the molecule is Cc1nc(CCNC(=O)c2cc(S(=O)(=O)N3CCCC3)c(C)o2)cs1. The minimum atomic E-state index is -3.59. The van der Waals surface area contributed by atoms with Gasteiger partial charge in [-0.2, -0.15) is 4.31 Å². The Morgan fingerprint density at radius 3 is 2.72 bits per heavy atom. The van der Waals surface area contributed by atoms with Crippen LogP contribution >= 0.6 is 11.3 Å². The molecule has 7 nitrogen and oxygen atoms in total. The number of nitrogens with zero attached hydrogens (tertiary/aromatic N) is 2. The molecule has 2 aromatic heterocycles. The first-order chi connectivity index (χ1) is 11.9. The van der Waals surface area contributed by atoms with Crippen molar-refractivity contribution < 1.29 is 17.6 Å². The summed E-state index contributed by atoms with van der Waals surface area (Å²) in [6, 6.07) is 1.32. The van der Waals surface area contributed by atoms with E-state index < -0.39 is 15.9 Å². The van der Waals surface area contributed by atoms with Crippen LogP contribution in [0.2, 0.25) is 0 Å². The Morgan fingerprint density at radius 1 is 1.36 bits per heavy atom. The van der Waals surface area contributed by atoms with Gasteiger partial charge in [-0.25, -0.2) is 13.4 Å². The fourth-order valence-corrected chi connectivity index (χ4v) is 5.14. The molecule has 0 radical (unpaired) electrons. The van der Waals surface area contributed by atoms with Gasteiger partial charge in [-0.05, 0) is 26.7 Å². The van der Waals surface area contributed by atoms with Crippen LogP contribution < -0.4 is 5.32 Å². The summed E-state index contributed by atoms with van der Waals surface area (Å²) in [6.07, 6.45) is 2.34. The molecule has 0 spiro atoms. The number of amides is 1. The summed E-state index contributed by atoms with van der Waals surface area (Å²) < 4.78 is 32.1. The van der Waals surface area contributed by atoms with E-state index in [1.807, 2.05) is 12.3 Å². The molecule has 136 valence electrons. The first-order valence-electron chi connectivity index (χ1n) is 8.18. The highest BCUT2D eigenvalue weighted by Crippen LogP contribution is 2.26. The number of nitrogens with one attached hydrogen (secondary N) is 1. The van der Waals surface area contributed by atoms with Crippen LogP contribution in [0.4, 0.5) is 0 Å². The quantitative estimate of drug-likeness (QED) is 0.825. The van der Waals surface area contributed by atoms with Crippen LogP contribution in [0.5, 0.6) is 0 Å². The molecule has 0 unspecified atom stereocenters. The van der Waals surface area contributed by atoms with Crippen molar-refractivity contribution in [1.82, 2.24) is 14.6 Å². The van der Waals surface area contributed by atoms with E-state index in [4.69, 9.17) is 4.42 Å². The number of carbonyl (C=O) groups is 1. The first-order valence-corrected chi connectivity index (χ1v) is 10.5. The van der Waals surface area contributed by atoms with Gasteiger partial charge in [0.15, 0.2) is 5.76 Å². The molecule has 1 N–H and O–H groups in total. The number of furan rings is 1. The number of hydrogen-bond acceptors (Lipinski definition) is 6. The number of aryl methyl sites for hydroxylation is 2. The Labute approximate surface area is 151 Å². The van der Waals surface area contributed by atoms with E-state index in [0.29, 0.717) is 26.1 Å². The molecule has 1 aliphatic rings. The summed E-state index contributed by atoms with van der Waals surface area (Å²) in [6.45, 7) is 4.94. The van der Waals surface area contributed by atoms with Crippen molar-refractivity contribution in [3.05, 3.63) is 33.7 Å². The highest BCUT2D eigenvalue weighted by atomic mass is 32.2. The predicted molar refractivity (Wildman–Crippen MR) is 94.3 cm³/mol. The van der Waals surface area contributed by atoms with E-state index in [1.54, 1.807) is 18.3 Å². The molecule has 0 atom stereocenters. The standard InChI is InChI=1S/C16H21N3O4S2/c1-11-15(25(21,22)19-7-3-4-8-19)9-14(23-11)16(20)17-6-5-13-10-24-12(2)18-13/h9-10H,3-8H2,1-2H3,(H,17,20). The van der Waals surface area contributed by atoms with Gasteiger partial charge in [0.1, 0.15) is 10.7 Å². The van der Waals surface area contributed by atoms with Gasteiger partial charge < -0.3 is 9.73 Å². The average Bonchev–Trinajstić information content (AvgIpc) is 3.28. The third-order valence-corrected chi connectivity index (χ3v) is 6.94. The van der Waals surface area contributed by atoms with Crippen molar-refractivity contribution >= 4 is 27.3 Å². The minimum absolute atomic E-state index is 0.0183. The summed E-state index contributed by atoms with van der Waals surface area (Å²) in [4.78, 5) is 16.6. The van der Waals surface area contributed by atoms with Gasteiger partial charge in [0, 0.05) is 37.5 Å². The Morgan fingerprint density at radius 2 is 2.08 bits per heavy atom. The van der Waals surface area contributed by atoms with Gasteiger partial charge in [-0.15, -0.1) is 11.3 Å². The van der Waals surface area contributed by atoms with Gasteiger partial charge in [0.2, 0.25) is 10.0 Å². The van der Waals surface area contributed by atoms with E-state index in [1.165, 1.54) is 10.4 Å². The maximum Gasteiger partial charge on any atom is 0.287 e. The molecule has 0 saturated carbocycles. The largest absolute Gasteiger partial charge is 0.455 e. The highest BCUT2D eigenvalue weighted by molar-refractivity contribution is 7.89. The molecule has 3 heterocycles. The second kappa shape index (κ2) is 7.27. The van der Waals surface area contributed by atoms with Crippen LogP contribution in [0.3, 0.4) is 0 Å². The van der Waals surface area contributed by atoms with Crippen molar-refractivity contribution in [2.45, 2.75) is 38.0 Å². The van der Waals surface area contributed by atoms with Gasteiger partial charge >= 0.3 is 0 Å². The third kappa shape index (κ3) is 3.94. The fourth-order valence-electron chi connectivity index (χ4n) is 2.82. The number of sulfonamides is 1. The van der Waals surface area contributed by atoms with Gasteiger partial charge in [-0.3, -0.25) is 4.79 Å². The predicted octanol–water partition coefficient (Wildman–Crippen LogP) is 2.11. The smallest absolute Gasteiger partial charge is 0.287 e. The van der Waals surface area contributed by atoms with Crippen molar-refractivity contribution in [1.29, 1.82) is 0 Å². The Kier molecular flexibility index (Phi) is 5.26. The lowest BCUT2D eigenvalue weighted by Gasteiger charge is -2.14. The Balaban J connectivity index is 1.65. The molecule has 25 heavy (non-hydrogen) atoms. The number of rotatable bonds is 6. The molecule has 0 aliphatic carbocycles. The van der Waals surface area contributed by atoms with Crippen molar-refractivity contribution in [2.75, 3.05) is 19.6 Å². The zero-order chi connectivity index (χ0) is 18.0. The van der Waals surface area contributed by atoms with E-state index in [9.17, 15) is 13.2 Å². The number of aromatic nitrogens is 1. The summed E-state index contributed by atoms with van der Waals surface area (Å²) in [5.74, 6) is -0.158. The zero-order valence-electron chi connectivity index (χ0n) is 14.2. The normalized spacial score (nSPS) is 15.6. The van der Waals surface area contributed by atoms with E-state index in [-0.39, 0.29) is 16.4 Å². The summed E-state index contributed by atoms with van der Waals surface area (Å²) in [5, 5.41) is 5.69. The van der Waals surface area contributed by atoms with Crippen LogP contribution in [0.1, 0.15) is 39.9 Å². The minimum Gasteiger partial charge on any atom is -0.455 e. The maximum atomic E-state index is 12.6. The molecular weight excluding hydrogens is 362 g/mol. The molecule has 9 heteroatoms. The number of carbonyl (C=O) groups excluding carboxylic acids is 1. The van der Waals surface area contributed by atoms with Crippen LogP contribution in [-0.2, 0) is 16.4 Å². The van der Waals surface area contributed by atoms with Gasteiger partial charge in [-0.1, -0.05) is 0 Å². The Hall–Kier alpha value is -1.71. The number of hydrogen-bond donors (Lipinski definition) is 1. The lowest BCUT2D eigenvalue weighted by molar-refractivity contribution is 0.0925. The lowest BCUT2D eigenvalue weighted by atomic mass is 10.3. The van der Waals surface area contributed by atoms with Gasteiger partial charge in [0.25, 0.3) is 5.91 Å². The molecule has 1 aliphatic heterocycles. The topological polar surface area (TPSA) is 92.5 Å². The monoisotopic (exact) mass is 383 g/mol. The van der Waals surface area contributed by atoms with Crippen LogP contribution in [0.15, 0.2) is 20.8 Å². The molecule has 1 amide bonds. The molecule has 2 aromatic rings. The third-order valence-electron chi connectivity index (χ3n) is 4.11. The maximum absolute atomic E-state index is 12.6. The van der Waals surface area contributed by atoms with Crippen molar-refractivity contribution in [2.24, 2.45) is 0 Å². The van der Waals surface area contributed by atoms with E-state index in [0.717, 1.165) is 23.5 Å². The van der Waals surface area contributed by atoms with Crippen LogP contribution in [0.25, 0.3) is 0 Å². The summed E-state index contributed by atoms with van der Waals surface area (Å²) in [5.41, 5.74) is 0.927. The second-order valence-corrected chi connectivity index (χ2v) is 8.97. The first kappa shape index (κ1) is 18.1. The summed E-state index contributed by atoms with van der Waals surface area (Å²) in [7, 11) is -3.59. The van der Waals surface area contributed by atoms with Crippen molar-refractivity contribution in [3.63, 3.8) is 0 Å². The highest BCUT2D eigenvalue weighted by Gasteiger charge is 2.31. The molecule has 0 bridgehead atoms. The zero-order valence-corrected chi connectivity index (χ0v) is 15.9. The van der Waals surface area contributed by atoms with Crippen LogP contribution in [0, 0.1) is 13.8 Å². The second-order valence-electron chi connectivity index (χ2n) is 6.01. The molecule has 1 fully saturated rings. The Bertz CT molecular complexity index is 864. The fraction of sp³-hybridized carbons (Fsp3) is 0.500. The van der Waals surface area contributed by atoms with Crippen LogP contribution in [-0.4, -0.2) is 43.2 Å². The summed E-state index contributed by atoms with van der Waals surface area (Å²) >= 11 is 1.57. The van der Waals surface area contributed by atoms with E-state index >= 15 is 0 Å². The lowest BCUT2D eigenvalue weighted by Crippen LogP contribution is -2.28. The van der Waals surface area contributed by atoms with E-state index in [2.05, 4.69) is 10.3 Å². The average molecular weight is 383 g/mol.